The standard InChI is InChI=1S/C54H32N4/c1-3-12-33(13-4-1)34-22-24-35(25-23-34)38-26-28-44-43(32-38)52(37-15-5-2-6-16-37)56-54(55-44)58-47-29-27-36-14-7-8-17-39(36)49(47)51-48(58)31-30-46-50(51)42-20-11-19-41-40-18-9-10-21-45(40)57(46)53(41)42/h1-32H. The minimum absolute atomic E-state index is 0.655. The molecule has 268 valence electrons. The van der Waals surface area contributed by atoms with E-state index in [4.69, 9.17) is 9.97 Å². The van der Waals surface area contributed by atoms with E-state index in [1.54, 1.807) is 0 Å². The van der Waals surface area contributed by atoms with Gasteiger partial charge in [-0.1, -0.05) is 158 Å². The summed E-state index contributed by atoms with van der Waals surface area (Å²) in [6.07, 6.45) is 0. The highest BCUT2D eigenvalue weighted by atomic mass is 15.2. The second-order valence-corrected chi connectivity index (χ2v) is 15.3. The summed E-state index contributed by atoms with van der Waals surface area (Å²) in [6.45, 7) is 0. The Morgan fingerprint density at radius 2 is 0.914 bits per heavy atom. The molecule has 0 saturated heterocycles. The van der Waals surface area contributed by atoms with E-state index in [0.29, 0.717) is 5.95 Å². The number of para-hydroxylation sites is 2. The van der Waals surface area contributed by atoms with Gasteiger partial charge >= 0.3 is 0 Å². The first-order valence-corrected chi connectivity index (χ1v) is 19.8. The molecule has 0 spiro atoms. The molecule has 0 atom stereocenters. The quantitative estimate of drug-likeness (QED) is 0.180. The Hall–Kier alpha value is -7.82. The van der Waals surface area contributed by atoms with E-state index < -0.39 is 0 Å². The first-order chi connectivity index (χ1) is 28.8. The molecule has 13 rings (SSSR count). The molecule has 0 N–H and O–H groups in total. The van der Waals surface area contributed by atoms with E-state index in [1.807, 2.05) is 0 Å². The Morgan fingerprint density at radius 3 is 1.74 bits per heavy atom. The van der Waals surface area contributed by atoms with E-state index >= 15 is 0 Å². The van der Waals surface area contributed by atoms with Gasteiger partial charge in [-0.15, -0.1) is 0 Å². The van der Waals surface area contributed by atoms with Crippen LogP contribution in [0, 0.1) is 0 Å². The first kappa shape index (κ1) is 31.4. The average molecular weight is 737 g/mol. The summed E-state index contributed by atoms with van der Waals surface area (Å²) >= 11 is 0. The zero-order chi connectivity index (χ0) is 37.9. The number of hydrogen-bond donors (Lipinski definition) is 0. The lowest BCUT2D eigenvalue weighted by molar-refractivity contribution is 1.01. The molecule has 0 aliphatic heterocycles. The van der Waals surface area contributed by atoms with Gasteiger partial charge in [0.1, 0.15) is 0 Å². The van der Waals surface area contributed by atoms with Crippen LogP contribution in [0.25, 0.3) is 121 Å². The summed E-state index contributed by atoms with van der Waals surface area (Å²) in [7, 11) is 0. The fraction of sp³-hybridized carbons (Fsp3) is 0. The third kappa shape index (κ3) is 4.34. The Kier molecular flexibility index (Phi) is 6.41. The lowest BCUT2D eigenvalue weighted by atomic mass is 9.98. The molecule has 0 aliphatic carbocycles. The summed E-state index contributed by atoms with van der Waals surface area (Å²) in [4.78, 5) is 11.0. The molecule has 0 aliphatic rings. The van der Waals surface area contributed by atoms with Crippen molar-refractivity contribution < 1.29 is 0 Å². The molecular weight excluding hydrogens is 705 g/mol. The van der Waals surface area contributed by atoms with Crippen LogP contribution in [0.3, 0.4) is 0 Å². The number of rotatable bonds is 4. The molecule has 58 heavy (non-hydrogen) atoms. The molecule has 0 radical (unpaired) electrons. The van der Waals surface area contributed by atoms with Gasteiger partial charge in [-0.3, -0.25) is 4.57 Å². The minimum atomic E-state index is 0.655. The van der Waals surface area contributed by atoms with Gasteiger partial charge < -0.3 is 4.40 Å². The lowest BCUT2D eigenvalue weighted by Gasteiger charge is -2.13. The number of benzene rings is 9. The number of fused-ring (bicyclic) bond motifs is 13. The molecule has 4 heteroatoms. The zero-order valence-electron chi connectivity index (χ0n) is 31.3. The Bertz CT molecular complexity index is 3770. The van der Waals surface area contributed by atoms with E-state index in [-0.39, 0.29) is 0 Å². The highest BCUT2D eigenvalue weighted by molar-refractivity contribution is 6.35. The summed E-state index contributed by atoms with van der Waals surface area (Å²) in [5.74, 6) is 0.655. The molecule has 4 aromatic heterocycles. The molecule has 13 aromatic rings. The van der Waals surface area contributed by atoms with Crippen LogP contribution in [0.1, 0.15) is 0 Å². The van der Waals surface area contributed by atoms with Crippen molar-refractivity contribution in [2.75, 3.05) is 0 Å². The summed E-state index contributed by atoms with van der Waals surface area (Å²) in [5, 5.41) is 11.0. The van der Waals surface area contributed by atoms with Crippen molar-refractivity contribution in [1.82, 2.24) is 18.9 Å². The van der Waals surface area contributed by atoms with Crippen LogP contribution in [0.4, 0.5) is 0 Å². The van der Waals surface area contributed by atoms with Gasteiger partial charge in [0.05, 0.1) is 38.8 Å². The van der Waals surface area contributed by atoms with Crippen LogP contribution in [0.15, 0.2) is 194 Å². The van der Waals surface area contributed by atoms with Gasteiger partial charge in [-0.25, -0.2) is 9.97 Å². The molecule has 0 amide bonds. The van der Waals surface area contributed by atoms with Gasteiger partial charge in [-0.2, -0.15) is 0 Å². The fourth-order valence-corrected chi connectivity index (χ4v) is 9.70. The van der Waals surface area contributed by atoms with Crippen LogP contribution < -0.4 is 0 Å². The third-order valence-electron chi connectivity index (χ3n) is 12.3. The van der Waals surface area contributed by atoms with Gasteiger partial charge in [0.15, 0.2) is 0 Å². The lowest BCUT2D eigenvalue weighted by Crippen LogP contribution is -2.03. The van der Waals surface area contributed by atoms with Crippen LogP contribution in [0.5, 0.6) is 0 Å². The predicted octanol–water partition coefficient (Wildman–Crippen LogP) is 14.0. The molecule has 0 saturated carbocycles. The SMILES string of the molecule is c1ccc(-c2ccc(-c3ccc4nc(-n5c6ccc7ccccc7c6c6c7c8cccc9c%10ccccc%10n(c7ccc65)c98)nc(-c5ccccc5)c4c3)cc2)cc1. The maximum absolute atomic E-state index is 5.53. The van der Waals surface area contributed by atoms with Crippen molar-refractivity contribution in [2.24, 2.45) is 0 Å². The maximum atomic E-state index is 5.53. The van der Waals surface area contributed by atoms with Crippen LogP contribution in [-0.2, 0) is 0 Å². The molecule has 4 heterocycles. The van der Waals surface area contributed by atoms with E-state index in [1.165, 1.54) is 70.8 Å². The molecule has 0 bridgehead atoms. The molecule has 4 nitrogen and oxygen atoms in total. The Balaban J connectivity index is 1.10. The number of aromatic nitrogens is 4. The molecule has 9 aromatic carbocycles. The second kappa shape index (κ2) is 11.8. The molecule has 0 fully saturated rings. The molecular formula is C54H32N4. The average Bonchev–Trinajstić information content (AvgIpc) is 3.94. The van der Waals surface area contributed by atoms with Crippen molar-refractivity contribution in [3.8, 4) is 39.5 Å². The van der Waals surface area contributed by atoms with Gasteiger partial charge in [-0.05, 0) is 69.4 Å². The zero-order valence-corrected chi connectivity index (χ0v) is 31.3. The topological polar surface area (TPSA) is 35.1 Å². The molecule has 0 unspecified atom stereocenters. The van der Waals surface area contributed by atoms with Gasteiger partial charge in [0.25, 0.3) is 0 Å². The summed E-state index contributed by atoms with van der Waals surface area (Å²) in [6, 6.07) is 69.9. The van der Waals surface area contributed by atoms with Gasteiger partial charge in [0, 0.05) is 43.3 Å². The van der Waals surface area contributed by atoms with E-state index in [0.717, 1.165) is 44.3 Å². The monoisotopic (exact) mass is 736 g/mol. The smallest absolute Gasteiger partial charge is 0.235 e. The summed E-state index contributed by atoms with van der Waals surface area (Å²) in [5.41, 5.74) is 13.4. The second-order valence-electron chi connectivity index (χ2n) is 15.3. The number of hydrogen-bond acceptors (Lipinski definition) is 2. The highest BCUT2D eigenvalue weighted by Gasteiger charge is 2.25. The van der Waals surface area contributed by atoms with Crippen LogP contribution in [0.2, 0.25) is 0 Å². The van der Waals surface area contributed by atoms with Crippen molar-refractivity contribution in [1.29, 1.82) is 0 Å². The van der Waals surface area contributed by atoms with Crippen molar-refractivity contribution in [2.45, 2.75) is 0 Å². The summed E-state index contributed by atoms with van der Waals surface area (Å²) < 4.78 is 4.77. The number of nitrogens with zero attached hydrogens (tertiary/aromatic N) is 4. The van der Waals surface area contributed by atoms with Crippen LogP contribution >= 0.6 is 0 Å². The fourth-order valence-electron chi connectivity index (χ4n) is 9.70. The van der Waals surface area contributed by atoms with Crippen molar-refractivity contribution in [3.63, 3.8) is 0 Å². The highest BCUT2D eigenvalue weighted by Crippen LogP contribution is 2.46. The van der Waals surface area contributed by atoms with Crippen molar-refractivity contribution in [3.05, 3.63) is 194 Å². The predicted molar refractivity (Wildman–Crippen MR) is 242 cm³/mol. The van der Waals surface area contributed by atoms with E-state index in [2.05, 4.69) is 203 Å². The van der Waals surface area contributed by atoms with Crippen molar-refractivity contribution >= 4 is 81.6 Å². The normalized spacial score (nSPS) is 12.1. The third-order valence-corrected chi connectivity index (χ3v) is 12.3. The Labute approximate surface area is 332 Å². The van der Waals surface area contributed by atoms with Gasteiger partial charge in [0.2, 0.25) is 5.95 Å². The Morgan fingerprint density at radius 1 is 0.328 bits per heavy atom. The first-order valence-electron chi connectivity index (χ1n) is 19.8. The maximum Gasteiger partial charge on any atom is 0.235 e. The largest absolute Gasteiger partial charge is 0.308 e. The minimum Gasteiger partial charge on any atom is -0.308 e. The van der Waals surface area contributed by atoms with Crippen LogP contribution in [-0.4, -0.2) is 18.9 Å². The van der Waals surface area contributed by atoms with E-state index in [9.17, 15) is 0 Å².